The van der Waals surface area contributed by atoms with Crippen LogP contribution < -0.4 is 16.6 Å². The minimum atomic E-state index is 0.560. The molecule has 0 radical (unpaired) electrons. The topological polar surface area (TPSA) is 71.7 Å². The lowest BCUT2D eigenvalue weighted by atomic mass is 10.3. The van der Waals surface area contributed by atoms with Crippen LogP contribution in [0.2, 0.25) is 0 Å². The first-order chi connectivity index (χ1) is 8.80. The molecule has 0 bridgehead atoms. The van der Waals surface area contributed by atoms with Gasteiger partial charge in [-0.1, -0.05) is 6.07 Å². The molecule has 0 heterocycles. The highest BCUT2D eigenvalue weighted by molar-refractivity contribution is 7.98. The fraction of sp³-hybridized carbons (Fsp3) is 0.417. The number of hydrogen-bond donors (Lipinski definition) is 3. The van der Waals surface area contributed by atoms with Crippen molar-refractivity contribution in [3.8, 4) is 0 Å². The van der Waals surface area contributed by atoms with Crippen molar-refractivity contribution >= 4 is 23.4 Å². The number of guanidine groups is 1. The third kappa shape index (κ3) is 5.39. The predicted molar refractivity (Wildman–Crippen MR) is 78.0 cm³/mol. The van der Waals surface area contributed by atoms with Crippen molar-refractivity contribution in [3.63, 3.8) is 0 Å². The Hall–Kier alpha value is -1.24. The van der Waals surface area contributed by atoms with E-state index in [-0.39, 0.29) is 0 Å². The average Bonchev–Trinajstić information content (AvgIpc) is 2.42. The number of thioether (sulfide) groups is 1. The fourth-order valence-corrected chi connectivity index (χ4v) is 1.82. The summed E-state index contributed by atoms with van der Waals surface area (Å²) in [5, 5.41) is 3.14. The van der Waals surface area contributed by atoms with Crippen LogP contribution in [0, 0.1) is 0 Å². The van der Waals surface area contributed by atoms with Gasteiger partial charge in [0, 0.05) is 30.8 Å². The maximum absolute atomic E-state index is 5.43. The van der Waals surface area contributed by atoms with Gasteiger partial charge in [0.15, 0.2) is 0 Å². The van der Waals surface area contributed by atoms with Crippen molar-refractivity contribution in [1.29, 1.82) is 0 Å². The molecule has 0 aliphatic carbocycles. The van der Waals surface area contributed by atoms with Gasteiger partial charge >= 0.3 is 0 Å². The number of anilines is 1. The Morgan fingerprint density at radius 2 is 2.33 bits per heavy atom. The van der Waals surface area contributed by atoms with E-state index in [1.54, 1.807) is 18.9 Å². The fourth-order valence-electron chi connectivity index (χ4n) is 1.36. The normalized spacial score (nSPS) is 11.4. The molecule has 4 N–H and O–H groups in total. The van der Waals surface area contributed by atoms with Crippen LogP contribution in [0.5, 0.6) is 0 Å². The van der Waals surface area contributed by atoms with Crippen LogP contribution in [0.15, 0.2) is 34.2 Å². The first kappa shape index (κ1) is 14.8. The summed E-state index contributed by atoms with van der Waals surface area (Å²) in [6.45, 7) is 1.37. The van der Waals surface area contributed by atoms with Crippen LogP contribution in [-0.2, 0) is 4.74 Å². The molecule has 0 amide bonds. The highest BCUT2D eigenvalue weighted by atomic mass is 32.2. The van der Waals surface area contributed by atoms with Gasteiger partial charge in [0.1, 0.15) is 0 Å². The van der Waals surface area contributed by atoms with E-state index >= 15 is 0 Å². The molecular formula is C12H20N4OS. The zero-order valence-corrected chi connectivity index (χ0v) is 11.6. The van der Waals surface area contributed by atoms with Crippen LogP contribution in [0.3, 0.4) is 0 Å². The number of ether oxygens (including phenoxy) is 1. The molecule has 0 aromatic heterocycles. The summed E-state index contributed by atoms with van der Waals surface area (Å²) in [5.74, 6) is 5.99. The van der Waals surface area contributed by atoms with Crippen molar-refractivity contribution in [2.75, 3.05) is 31.8 Å². The molecule has 100 valence electrons. The molecule has 0 atom stereocenters. The van der Waals surface area contributed by atoms with Crippen molar-refractivity contribution in [2.24, 2.45) is 10.8 Å². The highest BCUT2D eigenvalue weighted by Gasteiger charge is 1.98. The molecule has 0 aliphatic heterocycles. The number of rotatable bonds is 6. The maximum Gasteiger partial charge on any atom is 0.210 e. The Balaban J connectivity index is 2.55. The van der Waals surface area contributed by atoms with Crippen LogP contribution >= 0.6 is 11.8 Å². The van der Waals surface area contributed by atoms with E-state index < -0.39 is 0 Å². The van der Waals surface area contributed by atoms with Gasteiger partial charge in [0.05, 0.1) is 0 Å². The Kier molecular flexibility index (Phi) is 7.24. The van der Waals surface area contributed by atoms with Gasteiger partial charge in [-0.2, -0.15) is 0 Å². The first-order valence-electron chi connectivity index (χ1n) is 5.71. The van der Waals surface area contributed by atoms with Gasteiger partial charge in [0.2, 0.25) is 5.96 Å². The second-order valence-electron chi connectivity index (χ2n) is 3.58. The molecule has 0 unspecified atom stereocenters. The zero-order valence-electron chi connectivity index (χ0n) is 10.8. The predicted octanol–water partition coefficient (Wildman–Crippen LogP) is 1.68. The SMILES string of the molecule is COCCCN=C(NN)Nc1cccc(SC)c1. The molecule has 18 heavy (non-hydrogen) atoms. The van der Waals surface area contributed by atoms with Gasteiger partial charge in [-0.3, -0.25) is 10.4 Å². The summed E-state index contributed by atoms with van der Waals surface area (Å²) >= 11 is 1.69. The minimum Gasteiger partial charge on any atom is -0.385 e. The van der Waals surface area contributed by atoms with E-state index in [1.165, 1.54) is 4.90 Å². The second kappa shape index (κ2) is 8.79. The van der Waals surface area contributed by atoms with E-state index in [2.05, 4.69) is 21.8 Å². The summed E-state index contributed by atoms with van der Waals surface area (Å²) in [4.78, 5) is 5.50. The van der Waals surface area contributed by atoms with Crippen molar-refractivity contribution in [2.45, 2.75) is 11.3 Å². The van der Waals surface area contributed by atoms with E-state index in [0.29, 0.717) is 19.1 Å². The number of hydrogen-bond acceptors (Lipinski definition) is 4. The molecule has 1 aromatic rings. The Bertz CT molecular complexity index is 384. The number of hydrazine groups is 1. The molecule has 0 saturated heterocycles. The standard InChI is InChI=1S/C12H20N4OS/c1-17-8-4-7-14-12(16-13)15-10-5-3-6-11(9-10)18-2/h3,5-6,9H,4,7-8,13H2,1-2H3,(H2,14,15,16). The number of nitrogens with zero attached hydrogens (tertiary/aromatic N) is 1. The second-order valence-corrected chi connectivity index (χ2v) is 4.46. The molecule has 5 nitrogen and oxygen atoms in total. The Morgan fingerprint density at radius 1 is 1.50 bits per heavy atom. The molecule has 0 saturated carbocycles. The van der Waals surface area contributed by atoms with Crippen LogP contribution in [-0.4, -0.2) is 32.5 Å². The van der Waals surface area contributed by atoms with Crippen molar-refractivity contribution < 1.29 is 4.74 Å². The minimum absolute atomic E-state index is 0.560. The number of nitrogens with two attached hydrogens (primary N) is 1. The molecule has 0 fully saturated rings. The van der Waals surface area contributed by atoms with E-state index in [1.807, 2.05) is 24.5 Å². The van der Waals surface area contributed by atoms with Crippen LogP contribution in [0.4, 0.5) is 5.69 Å². The molecule has 1 aromatic carbocycles. The lowest BCUT2D eigenvalue weighted by Gasteiger charge is -2.10. The third-order valence-electron chi connectivity index (χ3n) is 2.25. The Morgan fingerprint density at radius 3 is 3.00 bits per heavy atom. The van der Waals surface area contributed by atoms with Gasteiger partial charge in [-0.25, -0.2) is 5.84 Å². The van der Waals surface area contributed by atoms with E-state index in [9.17, 15) is 0 Å². The molecular weight excluding hydrogens is 248 g/mol. The third-order valence-corrected chi connectivity index (χ3v) is 2.97. The number of benzene rings is 1. The van der Waals surface area contributed by atoms with Gasteiger partial charge < -0.3 is 10.1 Å². The van der Waals surface area contributed by atoms with E-state index in [0.717, 1.165) is 12.1 Å². The molecule has 0 spiro atoms. The van der Waals surface area contributed by atoms with Gasteiger partial charge in [-0.15, -0.1) is 11.8 Å². The lowest BCUT2D eigenvalue weighted by Crippen LogP contribution is -2.36. The largest absolute Gasteiger partial charge is 0.385 e. The van der Waals surface area contributed by atoms with E-state index in [4.69, 9.17) is 10.6 Å². The van der Waals surface area contributed by atoms with Gasteiger partial charge in [0.25, 0.3) is 0 Å². The summed E-state index contributed by atoms with van der Waals surface area (Å²) in [7, 11) is 1.68. The summed E-state index contributed by atoms with van der Waals surface area (Å²) in [6.07, 6.45) is 2.91. The number of methoxy groups -OCH3 is 1. The quantitative estimate of drug-likeness (QED) is 0.183. The van der Waals surface area contributed by atoms with Crippen LogP contribution in [0.1, 0.15) is 6.42 Å². The highest BCUT2D eigenvalue weighted by Crippen LogP contribution is 2.18. The molecule has 0 aliphatic rings. The van der Waals surface area contributed by atoms with Crippen molar-refractivity contribution in [1.82, 2.24) is 5.43 Å². The van der Waals surface area contributed by atoms with Gasteiger partial charge in [-0.05, 0) is 30.9 Å². The Labute approximate surface area is 112 Å². The first-order valence-corrected chi connectivity index (χ1v) is 6.93. The summed E-state index contributed by atoms with van der Waals surface area (Å²) in [5.41, 5.74) is 3.52. The average molecular weight is 268 g/mol. The molecule has 6 heteroatoms. The summed E-state index contributed by atoms with van der Waals surface area (Å²) < 4.78 is 4.96. The smallest absolute Gasteiger partial charge is 0.210 e. The summed E-state index contributed by atoms with van der Waals surface area (Å²) in [6, 6.07) is 8.07. The number of aliphatic imine (C=N–C) groups is 1. The lowest BCUT2D eigenvalue weighted by molar-refractivity contribution is 0.197. The molecule has 1 rings (SSSR count). The maximum atomic E-state index is 5.43. The van der Waals surface area contributed by atoms with Crippen LogP contribution in [0.25, 0.3) is 0 Å². The van der Waals surface area contributed by atoms with Crippen molar-refractivity contribution in [3.05, 3.63) is 24.3 Å². The monoisotopic (exact) mass is 268 g/mol. The number of nitrogens with one attached hydrogen (secondary N) is 2. The zero-order chi connectivity index (χ0) is 13.2.